The van der Waals surface area contributed by atoms with Crippen LogP contribution >= 0.6 is 11.3 Å². The van der Waals surface area contributed by atoms with Crippen molar-refractivity contribution in [2.45, 2.75) is 78.1 Å². The van der Waals surface area contributed by atoms with Gasteiger partial charge in [-0.05, 0) is 60.4 Å². The van der Waals surface area contributed by atoms with Crippen LogP contribution in [0.3, 0.4) is 0 Å². The smallest absolute Gasteiger partial charge is 0.246 e. The molecule has 0 spiro atoms. The summed E-state index contributed by atoms with van der Waals surface area (Å²) in [6.45, 7) is 9.19. The first-order valence-corrected chi connectivity index (χ1v) is 18.9. The second-order valence-electron chi connectivity index (χ2n) is 15.1. The highest BCUT2D eigenvalue weighted by Crippen LogP contribution is 2.34. The van der Waals surface area contributed by atoms with Crippen molar-refractivity contribution in [3.63, 3.8) is 0 Å². The molecule has 3 atom stereocenters. The molecule has 4 aromatic rings. The molecule has 53 heavy (non-hydrogen) atoms. The number of nitrogens with two attached hydrogens (primary N) is 1. The number of hydrogen-bond acceptors (Lipinski definition) is 11. The lowest BCUT2D eigenvalue weighted by Crippen LogP contribution is -2.58. The Morgan fingerprint density at radius 1 is 1.06 bits per heavy atom. The van der Waals surface area contributed by atoms with Crippen LogP contribution < -0.4 is 21.3 Å². The molecule has 2 aliphatic heterocycles. The van der Waals surface area contributed by atoms with E-state index >= 15 is 0 Å². The van der Waals surface area contributed by atoms with Gasteiger partial charge in [0, 0.05) is 44.6 Å². The third-order valence-corrected chi connectivity index (χ3v) is 11.1. The van der Waals surface area contributed by atoms with E-state index in [1.165, 1.54) is 4.90 Å². The number of aliphatic hydroxyl groups is 1. The Bertz CT molecular complexity index is 1940. The van der Waals surface area contributed by atoms with Gasteiger partial charge in [-0.3, -0.25) is 14.4 Å². The second kappa shape index (κ2) is 15.9. The summed E-state index contributed by atoms with van der Waals surface area (Å²) in [4.78, 5) is 50.0. The number of phenols is 1. The number of aromatic nitrogens is 3. The molecule has 2 aliphatic rings. The minimum atomic E-state index is -0.894. The number of carbonyl (C=O) groups excluding carboxylic acids is 3. The number of β-amino-alcohol motifs (C(OH)–C–C–N with tert-alkyl or cyclic N) is 1. The highest BCUT2D eigenvalue weighted by Gasteiger charge is 2.44. The van der Waals surface area contributed by atoms with Crippen molar-refractivity contribution >= 4 is 40.6 Å². The third-order valence-electron chi connectivity index (χ3n) is 10.1. The second-order valence-corrected chi connectivity index (χ2v) is 16.0. The van der Waals surface area contributed by atoms with Gasteiger partial charge in [0.15, 0.2) is 5.82 Å². The number of anilines is 2. The summed E-state index contributed by atoms with van der Waals surface area (Å²) in [6, 6.07) is 14.9. The van der Waals surface area contributed by atoms with Gasteiger partial charge in [-0.1, -0.05) is 57.2 Å². The zero-order valence-corrected chi connectivity index (χ0v) is 31.4. The summed E-state index contributed by atoms with van der Waals surface area (Å²) >= 11 is 1.58. The molecule has 0 saturated carbocycles. The van der Waals surface area contributed by atoms with Gasteiger partial charge in [-0.2, -0.15) is 0 Å². The number of aliphatic hydroxyl groups excluding tert-OH is 1. The van der Waals surface area contributed by atoms with Crippen molar-refractivity contribution in [3.8, 4) is 27.4 Å². The van der Waals surface area contributed by atoms with Crippen molar-refractivity contribution in [3.05, 3.63) is 71.4 Å². The minimum absolute atomic E-state index is 0.0132. The molecular formula is C39H48N8O5S. The topological polar surface area (TPSA) is 187 Å². The van der Waals surface area contributed by atoms with E-state index in [-0.39, 0.29) is 55.3 Å². The average molecular weight is 741 g/mol. The summed E-state index contributed by atoms with van der Waals surface area (Å²) in [7, 11) is 0. The predicted molar refractivity (Wildman–Crippen MR) is 205 cm³/mol. The normalized spacial score (nSPS) is 18.5. The molecule has 2 fully saturated rings. The molecular weight excluding hydrogens is 693 g/mol. The number of thiazole rings is 1. The molecule has 6 rings (SSSR count). The number of para-hydroxylation sites is 1. The van der Waals surface area contributed by atoms with E-state index in [0.717, 1.165) is 40.2 Å². The number of likely N-dealkylation sites (tertiary alicyclic amines) is 1. The van der Waals surface area contributed by atoms with E-state index < -0.39 is 23.6 Å². The first-order chi connectivity index (χ1) is 25.3. The van der Waals surface area contributed by atoms with Crippen LogP contribution in [0.5, 0.6) is 5.75 Å². The lowest BCUT2D eigenvalue weighted by Gasteiger charge is -2.36. The fourth-order valence-corrected chi connectivity index (χ4v) is 7.92. The zero-order valence-electron chi connectivity index (χ0n) is 30.6. The number of carbonyl (C=O) groups is 3. The van der Waals surface area contributed by atoms with Crippen LogP contribution in [0.1, 0.15) is 57.7 Å². The van der Waals surface area contributed by atoms with Gasteiger partial charge < -0.3 is 36.4 Å². The highest BCUT2D eigenvalue weighted by molar-refractivity contribution is 7.13. The zero-order chi connectivity index (χ0) is 37.9. The summed E-state index contributed by atoms with van der Waals surface area (Å²) < 4.78 is 0. The molecule has 0 radical (unpaired) electrons. The number of nitrogen functional groups attached to an aromatic ring is 1. The van der Waals surface area contributed by atoms with Crippen LogP contribution in [0.15, 0.2) is 60.1 Å². The van der Waals surface area contributed by atoms with Crippen LogP contribution in [-0.2, 0) is 20.9 Å². The maximum Gasteiger partial charge on any atom is 0.246 e. The lowest BCUT2D eigenvalue weighted by molar-refractivity contribution is -0.144. The molecule has 6 N–H and O–H groups in total. The van der Waals surface area contributed by atoms with E-state index in [9.17, 15) is 24.6 Å². The molecule has 4 heterocycles. The van der Waals surface area contributed by atoms with Gasteiger partial charge in [0.05, 0.1) is 33.6 Å². The van der Waals surface area contributed by atoms with E-state index in [1.807, 2.05) is 69.6 Å². The molecule has 13 nitrogen and oxygen atoms in total. The van der Waals surface area contributed by atoms with Crippen LogP contribution in [0, 0.1) is 18.3 Å². The SMILES string of the molecule is Cc1ncsc1-c1ccc(CNC(=O)[C@@H]2C[C@@H](O)CN2C(=O)[C@@H](NC(=O)CC2CCN(c3cc(-c4ccccc4O)nnc3N)CC2)C(C)(C)C)cc1. The van der Waals surface area contributed by atoms with Crippen molar-refractivity contribution in [1.29, 1.82) is 0 Å². The third kappa shape index (κ3) is 8.77. The van der Waals surface area contributed by atoms with Crippen LogP contribution in [0.2, 0.25) is 0 Å². The Morgan fingerprint density at radius 3 is 2.43 bits per heavy atom. The Kier molecular flexibility index (Phi) is 11.3. The summed E-state index contributed by atoms with van der Waals surface area (Å²) in [5.74, 6) is -0.482. The van der Waals surface area contributed by atoms with Gasteiger partial charge in [0.2, 0.25) is 17.7 Å². The van der Waals surface area contributed by atoms with Gasteiger partial charge in [0.1, 0.15) is 17.8 Å². The maximum absolute atomic E-state index is 14.1. The number of phenolic OH excluding ortho intramolecular Hbond substituents is 1. The van der Waals surface area contributed by atoms with Crippen molar-refractivity contribution < 1.29 is 24.6 Å². The average Bonchev–Trinajstić information content (AvgIpc) is 3.75. The fraction of sp³-hybridized carbons (Fsp3) is 0.436. The molecule has 2 saturated heterocycles. The summed E-state index contributed by atoms with van der Waals surface area (Å²) in [5, 5.41) is 35.1. The number of nitrogens with zero attached hydrogens (tertiary/aromatic N) is 5. The first-order valence-electron chi connectivity index (χ1n) is 18.0. The van der Waals surface area contributed by atoms with Gasteiger partial charge in [0.25, 0.3) is 0 Å². The fourth-order valence-electron chi connectivity index (χ4n) is 7.11. The highest BCUT2D eigenvalue weighted by atomic mass is 32.1. The molecule has 2 aromatic carbocycles. The Labute approximate surface area is 313 Å². The van der Waals surface area contributed by atoms with Gasteiger partial charge >= 0.3 is 0 Å². The molecule has 2 aromatic heterocycles. The largest absolute Gasteiger partial charge is 0.507 e. The lowest BCUT2D eigenvalue weighted by atomic mass is 9.85. The molecule has 280 valence electrons. The van der Waals surface area contributed by atoms with Crippen LogP contribution in [0.25, 0.3) is 21.7 Å². The number of piperidine rings is 1. The maximum atomic E-state index is 14.1. The Morgan fingerprint density at radius 2 is 1.77 bits per heavy atom. The van der Waals surface area contributed by atoms with Crippen molar-refractivity contribution in [1.82, 2.24) is 30.7 Å². The molecule has 0 bridgehead atoms. The number of rotatable bonds is 10. The minimum Gasteiger partial charge on any atom is -0.507 e. The summed E-state index contributed by atoms with van der Waals surface area (Å²) in [6.07, 6.45) is 0.967. The van der Waals surface area contributed by atoms with Gasteiger partial charge in [-0.15, -0.1) is 21.5 Å². The molecule has 0 unspecified atom stereocenters. The van der Waals surface area contributed by atoms with Crippen molar-refractivity contribution in [2.75, 3.05) is 30.3 Å². The van der Waals surface area contributed by atoms with Crippen LogP contribution in [-0.4, -0.2) is 85.8 Å². The number of benzene rings is 2. The quantitative estimate of drug-likeness (QED) is 0.157. The molecule has 14 heteroatoms. The summed E-state index contributed by atoms with van der Waals surface area (Å²) in [5.41, 5.74) is 12.1. The standard InChI is InChI=1S/C39H48N8O5S/c1-23-34(53-22-42-23)26-11-9-25(10-12-26)20-41-37(51)31-18-27(48)21-47(31)38(52)35(39(2,3)4)43-33(50)17-24-13-15-46(16-14-24)30-19-29(44-45-36(30)40)28-7-5-6-8-32(28)49/h5-12,19,22,24,27,31,35,48-49H,13-18,20-21H2,1-4H3,(H2,40,45)(H,41,51)(H,43,50)/t27-,31+,35-/m1/s1. The number of aromatic hydroxyl groups is 1. The predicted octanol–water partition coefficient (Wildman–Crippen LogP) is 4.28. The number of hydrogen-bond donors (Lipinski definition) is 5. The Balaban J connectivity index is 1.04. The van der Waals surface area contributed by atoms with E-state index in [2.05, 4.69) is 30.7 Å². The molecule has 0 aliphatic carbocycles. The molecule has 3 amide bonds. The number of amides is 3. The Hall–Kier alpha value is -5.08. The number of nitrogens with one attached hydrogen (secondary N) is 2. The van der Waals surface area contributed by atoms with Gasteiger partial charge in [-0.25, -0.2) is 4.98 Å². The van der Waals surface area contributed by atoms with E-state index in [0.29, 0.717) is 30.2 Å². The monoisotopic (exact) mass is 740 g/mol. The van der Waals surface area contributed by atoms with E-state index in [1.54, 1.807) is 29.5 Å². The van der Waals surface area contributed by atoms with E-state index in [4.69, 9.17) is 5.73 Å². The first kappa shape index (κ1) is 37.7. The van der Waals surface area contributed by atoms with Crippen molar-refractivity contribution in [2.24, 2.45) is 11.3 Å². The number of aryl methyl sites for hydroxylation is 1. The van der Waals surface area contributed by atoms with Crippen LogP contribution in [0.4, 0.5) is 11.5 Å².